The maximum atomic E-state index is 11.7. The van der Waals surface area contributed by atoms with Gasteiger partial charge in [0.15, 0.2) is 0 Å². The van der Waals surface area contributed by atoms with E-state index < -0.39 is 10.2 Å². The van der Waals surface area contributed by atoms with E-state index in [0.717, 1.165) is 18.4 Å². The van der Waals surface area contributed by atoms with Crippen LogP contribution in [0.5, 0.6) is 0 Å². The molecule has 0 aliphatic heterocycles. The first-order valence-electron chi connectivity index (χ1n) is 6.13. The topological polar surface area (TPSA) is 93.4 Å². The highest BCUT2D eigenvalue weighted by molar-refractivity contribution is 7.90. The summed E-state index contributed by atoms with van der Waals surface area (Å²) >= 11 is 0. The number of benzene rings is 1. The molecule has 0 fully saturated rings. The Balaban J connectivity index is 2.60. The van der Waals surface area contributed by atoms with Gasteiger partial charge in [-0.1, -0.05) is 12.1 Å². The van der Waals surface area contributed by atoms with Gasteiger partial charge >= 0.3 is 0 Å². The lowest BCUT2D eigenvalue weighted by atomic mass is 10.1. The summed E-state index contributed by atoms with van der Waals surface area (Å²) in [4.78, 5) is 0. The number of ether oxygens (including phenoxy) is 1. The Hall–Kier alpha value is -1.15. The van der Waals surface area contributed by atoms with E-state index in [2.05, 4.69) is 9.44 Å². The fourth-order valence-corrected chi connectivity index (χ4v) is 2.43. The zero-order chi connectivity index (χ0) is 14.1. The summed E-state index contributed by atoms with van der Waals surface area (Å²) < 4.78 is 33.0. The molecule has 0 atom stereocenters. The molecule has 0 bridgehead atoms. The van der Waals surface area contributed by atoms with Crippen LogP contribution < -0.4 is 15.2 Å². The molecule has 108 valence electrons. The van der Waals surface area contributed by atoms with E-state index in [1.54, 1.807) is 6.07 Å². The number of hydrogen-bond donors (Lipinski definition) is 3. The molecule has 0 heterocycles. The van der Waals surface area contributed by atoms with Gasteiger partial charge in [-0.15, -0.1) is 0 Å². The molecule has 1 aromatic rings. The molecule has 6 nitrogen and oxygen atoms in total. The number of methoxy groups -OCH3 is 1. The first-order valence-corrected chi connectivity index (χ1v) is 7.61. The van der Waals surface area contributed by atoms with E-state index in [4.69, 9.17) is 10.5 Å². The quantitative estimate of drug-likeness (QED) is 0.576. The number of rotatable bonds is 9. The zero-order valence-corrected chi connectivity index (χ0v) is 11.9. The summed E-state index contributed by atoms with van der Waals surface area (Å²) in [5, 5.41) is 0. The third kappa shape index (κ3) is 6.53. The van der Waals surface area contributed by atoms with Crippen molar-refractivity contribution in [2.24, 2.45) is 5.73 Å². The van der Waals surface area contributed by atoms with Crippen LogP contribution in [0.15, 0.2) is 24.3 Å². The van der Waals surface area contributed by atoms with Crippen molar-refractivity contribution in [1.29, 1.82) is 0 Å². The molecule has 1 rings (SSSR count). The Morgan fingerprint density at radius 2 is 2.16 bits per heavy atom. The van der Waals surface area contributed by atoms with Crippen molar-refractivity contribution < 1.29 is 13.2 Å². The molecule has 0 aliphatic carbocycles. The van der Waals surface area contributed by atoms with Gasteiger partial charge in [0.1, 0.15) is 0 Å². The molecule has 0 unspecified atom stereocenters. The van der Waals surface area contributed by atoms with Gasteiger partial charge in [0.25, 0.3) is 10.2 Å². The lowest BCUT2D eigenvalue weighted by Gasteiger charge is -2.10. The van der Waals surface area contributed by atoms with Crippen molar-refractivity contribution in [3.63, 3.8) is 0 Å². The number of nitrogens with one attached hydrogen (secondary N) is 2. The minimum absolute atomic E-state index is 0.235. The van der Waals surface area contributed by atoms with Crippen LogP contribution in [0.3, 0.4) is 0 Å². The second-order valence-corrected chi connectivity index (χ2v) is 5.58. The van der Waals surface area contributed by atoms with Crippen molar-refractivity contribution in [2.75, 3.05) is 31.5 Å². The summed E-state index contributed by atoms with van der Waals surface area (Å²) in [5.74, 6) is 0. The predicted molar refractivity (Wildman–Crippen MR) is 76.2 cm³/mol. The molecule has 7 heteroatoms. The normalized spacial score (nSPS) is 11.5. The first-order chi connectivity index (χ1) is 9.07. The van der Waals surface area contributed by atoms with E-state index in [1.807, 2.05) is 18.2 Å². The predicted octanol–water partition coefficient (Wildman–Crippen LogP) is 0.471. The highest BCUT2D eigenvalue weighted by atomic mass is 32.2. The third-order valence-electron chi connectivity index (χ3n) is 2.45. The highest BCUT2D eigenvalue weighted by Crippen LogP contribution is 2.13. The van der Waals surface area contributed by atoms with Gasteiger partial charge in [-0.2, -0.15) is 13.1 Å². The molecule has 0 spiro atoms. The van der Waals surface area contributed by atoms with E-state index in [1.165, 1.54) is 7.11 Å². The molecule has 19 heavy (non-hydrogen) atoms. The van der Waals surface area contributed by atoms with Gasteiger partial charge in [0.05, 0.1) is 12.3 Å². The molecular formula is C12H21N3O3S. The maximum absolute atomic E-state index is 11.7. The lowest BCUT2D eigenvalue weighted by molar-refractivity contribution is 0.204. The van der Waals surface area contributed by atoms with Crippen molar-refractivity contribution in [1.82, 2.24) is 4.72 Å². The van der Waals surface area contributed by atoms with Crippen LogP contribution in [0, 0.1) is 0 Å². The SMILES string of the molecule is COCCNS(=O)(=O)Nc1cccc(CCCN)c1. The molecular weight excluding hydrogens is 266 g/mol. The molecule has 0 saturated heterocycles. The van der Waals surface area contributed by atoms with E-state index in [0.29, 0.717) is 18.8 Å². The summed E-state index contributed by atoms with van der Waals surface area (Å²) in [6, 6.07) is 7.29. The van der Waals surface area contributed by atoms with Gasteiger partial charge in [0, 0.05) is 13.7 Å². The lowest BCUT2D eigenvalue weighted by Crippen LogP contribution is -2.32. The molecule has 0 aliphatic rings. The number of aryl methyl sites for hydroxylation is 1. The monoisotopic (exact) mass is 287 g/mol. The largest absolute Gasteiger partial charge is 0.383 e. The Morgan fingerprint density at radius 3 is 2.84 bits per heavy atom. The maximum Gasteiger partial charge on any atom is 0.299 e. The van der Waals surface area contributed by atoms with Gasteiger partial charge in [-0.25, -0.2) is 0 Å². The summed E-state index contributed by atoms with van der Waals surface area (Å²) in [6.45, 7) is 1.19. The van der Waals surface area contributed by atoms with Crippen molar-refractivity contribution in [3.8, 4) is 0 Å². The molecule has 0 radical (unpaired) electrons. The third-order valence-corrected chi connectivity index (χ3v) is 3.54. The standard InChI is InChI=1S/C12H21N3O3S/c1-18-9-8-14-19(16,17)15-12-6-2-4-11(10-12)5-3-7-13/h2,4,6,10,14-15H,3,5,7-9,13H2,1H3. The molecule has 4 N–H and O–H groups in total. The Labute approximate surface area is 114 Å². The summed E-state index contributed by atoms with van der Waals surface area (Å²) in [6.07, 6.45) is 1.71. The summed E-state index contributed by atoms with van der Waals surface area (Å²) in [7, 11) is -2.03. The van der Waals surface area contributed by atoms with Gasteiger partial charge in [0.2, 0.25) is 0 Å². The van der Waals surface area contributed by atoms with Gasteiger partial charge < -0.3 is 10.5 Å². The Morgan fingerprint density at radius 1 is 1.37 bits per heavy atom. The average Bonchev–Trinajstić information content (AvgIpc) is 2.36. The first kappa shape index (κ1) is 15.9. The van der Waals surface area contributed by atoms with Gasteiger partial charge in [-0.3, -0.25) is 4.72 Å². The fraction of sp³-hybridized carbons (Fsp3) is 0.500. The van der Waals surface area contributed by atoms with Crippen LogP contribution in [-0.2, 0) is 21.4 Å². The average molecular weight is 287 g/mol. The minimum atomic E-state index is -3.55. The minimum Gasteiger partial charge on any atom is -0.383 e. The number of anilines is 1. The van der Waals surface area contributed by atoms with Crippen LogP contribution in [0.1, 0.15) is 12.0 Å². The Kier molecular flexibility index (Phi) is 6.79. The van der Waals surface area contributed by atoms with E-state index >= 15 is 0 Å². The second-order valence-electron chi connectivity index (χ2n) is 4.09. The molecule has 0 amide bonds. The van der Waals surface area contributed by atoms with E-state index in [-0.39, 0.29) is 6.54 Å². The number of hydrogen-bond acceptors (Lipinski definition) is 4. The molecule has 1 aromatic carbocycles. The zero-order valence-electron chi connectivity index (χ0n) is 11.1. The smallest absolute Gasteiger partial charge is 0.299 e. The van der Waals surface area contributed by atoms with Crippen LogP contribution in [0.25, 0.3) is 0 Å². The second kappa shape index (κ2) is 8.11. The van der Waals surface area contributed by atoms with Gasteiger partial charge in [-0.05, 0) is 37.1 Å². The highest BCUT2D eigenvalue weighted by Gasteiger charge is 2.08. The molecule has 0 saturated carbocycles. The van der Waals surface area contributed by atoms with Crippen molar-refractivity contribution in [3.05, 3.63) is 29.8 Å². The van der Waals surface area contributed by atoms with Crippen LogP contribution in [0.4, 0.5) is 5.69 Å². The molecule has 0 aromatic heterocycles. The number of nitrogens with two attached hydrogens (primary N) is 1. The van der Waals surface area contributed by atoms with E-state index in [9.17, 15) is 8.42 Å². The summed E-state index contributed by atoms with van der Waals surface area (Å²) in [5.41, 5.74) is 7.05. The Bertz CT molecular complexity index is 477. The van der Waals surface area contributed by atoms with Crippen molar-refractivity contribution in [2.45, 2.75) is 12.8 Å². The van der Waals surface area contributed by atoms with Crippen LogP contribution >= 0.6 is 0 Å². The van der Waals surface area contributed by atoms with Crippen LogP contribution in [-0.4, -0.2) is 35.2 Å². The van der Waals surface area contributed by atoms with Crippen molar-refractivity contribution >= 4 is 15.9 Å². The van der Waals surface area contributed by atoms with Crippen LogP contribution in [0.2, 0.25) is 0 Å². The fourth-order valence-electron chi connectivity index (χ4n) is 1.57.